The molecule has 2 aliphatic rings. The highest BCUT2D eigenvalue weighted by atomic mass is 127. The molecule has 1 aromatic rings. The van der Waals surface area contributed by atoms with Crippen LogP contribution in [0.25, 0.3) is 0 Å². The average Bonchev–Trinajstić information content (AvgIpc) is 2.92. The van der Waals surface area contributed by atoms with Crippen LogP contribution in [0.4, 0.5) is 0 Å². The second kappa shape index (κ2) is 11.6. The van der Waals surface area contributed by atoms with E-state index in [1.807, 2.05) is 7.05 Å². The smallest absolute Gasteiger partial charge is 0.236 e. The molecule has 1 aromatic heterocycles. The van der Waals surface area contributed by atoms with Gasteiger partial charge in [-0.25, -0.2) is 0 Å². The summed E-state index contributed by atoms with van der Waals surface area (Å²) in [6.45, 7) is 6.82. The maximum atomic E-state index is 12.6. The van der Waals surface area contributed by atoms with Gasteiger partial charge in [0.2, 0.25) is 5.91 Å². The number of halogens is 1. The summed E-state index contributed by atoms with van der Waals surface area (Å²) in [5.74, 6) is 1.24. The number of carbonyl (C=O) groups is 1. The maximum absolute atomic E-state index is 12.6. The lowest BCUT2D eigenvalue weighted by Gasteiger charge is -2.37. The summed E-state index contributed by atoms with van der Waals surface area (Å²) in [5, 5.41) is 3.46. The van der Waals surface area contributed by atoms with Gasteiger partial charge in [-0.3, -0.25) is 14.7 Å². The molecule has 0 spiro atoms. The number of aromatic nitrogens is 1. The number of piperazine rings is 1. The average molecular weight is 502 g/mol. The number of nitrogens with one attached hydrogen (secondary N) is 1. The van der Waals surface area contributed by atoms with Crippen molar-refractivity contribution in [3.05, 3.63) is 24.0 Å². The van der Waals surface area contributed by atoms with E-state index in [2.05, 4.69) is 55.0 Å². The summed E-state index contributed by atoms with van der Waals surface area (Å²) in [5.41, 5.74) is 1.23. The molecule has 0 unspecified atom stereocenters. The molecule has 0 radical (unpaired) electrons. The third-order valence-electron chi connectivity index (χ3n) is 5.68. The SMILES string of the molecule is CN=C(NCc1cccn1C)N1CCN(CC(=O)N2CCCCCC2)CC1.I. The number of nitrogens with zero attached hydrogens (tertiary/aromatic N) is 5. The predicted octanol–water partition coefficient (Wildman–Crippen LogP) is 1.74. The Morgan fingerprint density at radius 1 is 1.04 bits per heavy atom. The van der Waals surface area contributed by atoms with Gasteiger partial charge in [0.05, 0.1) is 13.1 Å². The number of guanidine groups is 1. The Balaban J connectivity index is 0.00000280. The van der Waals surface area contributed by atoms with Gasteiger partial charge in [0.15, 0.2) is 5.96 Å². The Kier molecular flexibility index (Phi) is 9.57. The topological polar surface area (TPSA) is 56.1 Å². The largest absolute Gasteiger partial charge is 0.353 e. The normalized spacial score (nSPS) is 19.1. The molecule has 2 aliphatic heterocycles. The Morgan fingerprint density at radius 3 is 2.29 bits per heavy atom. The van der Waals surface area contributed by atoms with E-state index in [-0.39, 0.29) is 24.0 Å². The van der Waals surface area contributed by atoms with Gasteiger partial charge in [-0.15, -0.1) is 24.0 Å². The van der Waals surface area contributed by atoms with Crippen molar-refractivity contribution in [2.45, 2.75) is 32.2 Å². The van der Waals surface area contributed by atoms with Gasteiger partial charge in [-0.2, -0.15) is 0 Å². The fraction of sp³-hybridized carbons (Fsp3) is 0.700. The number of hydrogen-bond donors (Lipinski definition) is 1. The first-order valence-electron chi connectivity index (χ1n) is 10.2. The minimum absolute atomic E-state index is 0. The first-order chi connectivity index (χ1) is 13.2. The monoisotopic (exact) mass is 502 g/mol. The van der Waals surface area contributed by atoms with Crippen molar-refractivity contribution >= 4 is 35.8 Å². The van der Waals surface area contributed by atoms with Crippen LogP contribution in [-0.4, -0.2) is 84.0 Å². The molecule has 1 N–H and O–H groups in total. The molecule has 3 rings (SSSR count). The molecule has 28 heavy (non-hydrogen) atoms. The summed E-state index contributed by atoms with van der Waals surface area (Å²) in [6, 6.07) is 4.17. The first kappa shape index (κ1) is 23.0. The molecule has 2 fully saturated rings. The number of aliphatic imine (C=N–C) groups is 1. The minimum Gasteiger partial charge on any atom is -0.353 e. The Hall–Kier alpha value is -1.29. The lowest BCUT2D eigenvalue weighted by molar-refractivity contribution is -0.132. The zero-order valence-corrected chi connectivity index (χ0v) is 19.6. The van der Waals surface area contributed by atoms with Crippen molar-refractivity contribution in [1.82, 2.24) is 24.6 Å². The van der Waals surface area contributed by atoms with Gasteiger partial charge in [-0.1, -0.05) is 12.8 Å². The van der Waals surface area contributed by atoms with Gasteiger partial charge >= 0.3 is 0 Å². The van der Waals surface area contributed by atoms with Gasteiger partial charge < -0.3 is 19.7 Å². The van der Waals surface area contributed by atoms with E-state index >= 15 is 0 Å². The molecular formula is C20H35IN6O. The van der Waals surface area contributed by atoms with Crippen molar-refractivity contribution in [2.24, 2.45) is 12.0 Å². The second-order valence-corrected chi connectivity index (χ2v) is 7.57. The molecule has 0 saturated carbocycles. The second-order valence-electron chi connectivity index (χ2n) is 7.57. The summed E-state index contributed by atoms with van der Waals surface area (Å²) in [4.78, 5) is 23.7. The molecule has 8 heteroatoms. The van der Waals surface area contributed by atoms with Gasteiger partial charge in [0.1, 0.15) is 0 Å². The highest BCUT2D eigenvalue weighted by Crippen LogP contribution is 2.11. The number of rotatable bonds is 4. The van der Waals surface area contributed by atoms with Crippen LogP contribution < -0.4 is 5.32 Å². The van der Waals surface area contributed by atoms with Crippen LogP contribution in [0.2, 0.25) is 0 Å². The fourth-order valence-electron chi connectivity index (χ4n) is 3.91. The molecule has 2 saturated heterocycles. The third kappa shape index (κ3) is 6.37. The lowest BCUT2D eigenvalue weighted by atomic mass is 10.2. The Labute approximate surface area is 186 Å². The van der Waals surface area contributed by atoms with Gasteiger partial charge in [-0.05, 0) is 25.0 Å². The first-order valence-corrected chi connectivity index (χ1v) is 10.2. The number of hydrogen-bond acceptors (Lipinski definition) is 3. The zero-order valence-electron chi connectivity index (χ0n) is 17.3. The third-order valence-corrected chi connectivity index (χ3v) is 5.68. The number of aryl methyl sites for hydroxylation is 1. The van der Waals surface area contributed by atoms with Gasteiger partial charge in [0.25, 0.3) is 0 Å². The molecule has 158 valence electrons. The van der Waals surface area contributed by atoms with E-state index in [9.17, 15) is 4.79 Å². The molecule has 7 nitrogen and oxygen atoms in total. The number of amides is 1. The van der Waals surface area contributed by atoms with Crippen LogP contribution in [0.5, 0.6) is 0 Å². The quantitative estimate of drug-likeness (QED) is 0.387. The van der Waals surface area contributed by atoms with E-state index in [4.69, 9.17) is 0 Å². The minimum atomic E-state index is 0. The van der Waals surface area contributed by atoms with Crippen LogP contribution >= 0.6 is 24.0 Å². The summed E-state index contributed by atoms with van der Waals surface area (Å²) >= 11 is 0. The zero-order chi connectivity index (χ0) is 19.1. The Bertz CT molecular complexity index is 630. The summed E-state index contributed by atoms with van der Waals surface area (Å²) < 4.78 is 2.12. The molecule has 0 bridgehead atoms. The van der Waals surface area contributed by atoms with Crippen molar-refractivity contribution in [2.75, 3.05) is 52.9 Å². The van der Waals surface area contributed by atoms with E-state index in [0.717, 1.165) is 64.6 Å². The molecule has 0 aliphatic carbocycles. The van der Waals surface area contributed by atoms with Crippen molar-refractivity contribution in [3.63, 3.8) is 0 Å². The van der Waals surface area contributed by atoms with E-state index < -0.39 is 0 Å². The molecule has 3 heterocycles. The number of carbonyl (C=O) groups excluding carboxylic acids is 1. The molecule has 0 atom stereocenters. The van der Waals surface area contributed by atoms with Crippen molar-refractivity contribution in [3.8, 4) is 0 Å². The summed E-state index contributed by atoms with van der Waals surface area (Å²) in [6.07, 6.45) is 6.89. The number of likely N-dealkylation sites (tertiary alicyclic amines) is 1. The molecule has 1 amide bonds. The van der Waals surface area contributed by atoms with Crippen molar-refractivity contribution < 1.29 is 4.79 Å². The van der Waals surface area contributed by atoms with E-state index in [1.165, 1.54) is 18.5 Å². The summed E-state index contributed by atoms with van der Waals surface area (Å²) in [7, 11) is 3.89. The maximum Gasteiger partial charge on any atom is 0.236 e. The Morgan fingerprint density at radius 2 is 1.71 bits per heavy atom. The van der Waals surface area contributed by atoms with Crippen molar-refractivity contribution in [1.29, 1.82) is 0 Å². The van der Waals surface area contributed by atoms with Crippen LogP contribution in [0, 0.1) is 0 Å². The highest BCUT2D eigenvalue weighted by Gasteiger charge is 2.23. The van der Waals surface area contributed by atoms with Crippen LogP contribution in [-0.2, 0) is 18.4 Å². The standard InChI is InChI=1S/C20H34N6O.HI/c1-21-20(22-16-18-8-7-9-23(18)2)26-14-12-24(13-15-26)17-19(27)25-10-5-3-4-6-11-25;/h7-9H,3-6,10-17H2,1-2H3,(H,21,22);1H. The van der Waals surface area contributed by atoms with E-state index in [0.29, 0.717) is 12.5 Å². The van der Waals surface area contributed by atoms with Crippen LogP contribution in [0.3, 0.4) is 0 Å². The predicted molar refractivity (Wildman–Crippen MR) is 124 cm³/mol. The van der Waals surface area contributed by atoms with Crippen LogP contribution in [0.15, 0.2) is 23.3 Å². The van der Waals surface area contributed by atoms with E-state index in [1.54, 1.807) is 0 Å². The van der Waals surface area contributed by atoms with Crippen LogP contribution in [0.1, 0.15) is 31.4 Å². The lowest BCUT2D eigenvalue weighted by Crippen LogP contribution is -2.54. The molecule has 0 aromatic carbocycles. The molecular weight excluding hydrogens is 467 g/mol. The fourth-order valence-corrected chi connectivity index (χ4v) is 3.91. The van der Waals surface area contributed by atoms with Gasteiger partial charge in [0, 0.05) is 65.3 Å². The highest BCUT2D eigenvalue weighted by molar-refractivity contribution is 14.0.